The van der Waals surface area contributed by atoms with E-state index in [-0.39, 0.29) is 29.6 Å². The molecule has 1 aromatic carbocycles. The van der Waals surface area contributed by atoms with E-state index >= 15 is 0 Å². The van der Waals surface area contributed by atoms with Crippen molar-refractivity contribution in [2.24, 2.45) is 0 Å². The van der Waals surface area contributed by atoms with Gasteiger partial charge in [0.15, 0.2) is 5.78 Å². The predicted molar refractivity (Wildman–Crippen MR) is 107 cm³/mol. The van der Waals surface area contributed by atoms with Crippen LogP contribution in [0.25, 0.3) is 0 Å². The van der Waals surface area contributed by atoms with Gasteiger partial charge in [-0.1, -0.05) is 18.2 Å². The fraction of sp³-hybridized carbons (Fsp3) is 0.316. The van der Waals surface area contributed by atoms with Gasteiger partial charge in [0.25, 0.3) is 0 Å². The second-order valence-corrected chi connectivity index (χ2v) is 8.15. The molecule has 1 heterocycles. The maximum Gasteiger partial charge on any atom is 0.240 e. The third kappa shape index (κ3) is 5.86. The second kappa shape index (κ2) is 9.43. The number of hydrogen-bond donors (Lipinski definition) is 2. The van der Waals surface area contributed by atoms with Gasteiger partial charge in [-0.15, -0.1) is 0 Å². The van der Waals surface area contributed by atoms with Crippen molar-refractivity contribution >= 4 is 27.5 Å². The number of hydrogen-bond acceptors (Lipinski definition) is 6. The molecule has 1 aromatic heterocycles. The van der Waals surface area contributed by atoms with Crippen LogP contribution in [0.1, 0.15) is 29.3 Å². The third-order valence-corrected chi connectivity index (χ3v) is 5.46. The van der Waals surface area contributed by atoms with Crippen LogP contribution in [0.2, 0.25) is 0 Å². The molecule has 150 valence electrons. The van der Waals surface area contributed by atoms with Crippen LogP contribution >= 0.6 is 0 Å². The van der Waals surface area contributed by atoms with Crippen LogP contribution in [-0.4, -0.2) is 45.7 Å². The molecule has 0 aliphatic heterocycles. The van der Waals surface area contributed by atoms with Crippen molar-refractivity contribution in [1.82, 2.24) is 15.0 Å². The van der Waals surface area contributed by atoms with Gasteiger partial charge in [0.1, 0.15) is 5.82 Å². The second-order valence-electron chi connectivity index (χ2n) is 6.39. The first kappa shape index (κ1) is 21.5. The van der Waals surface area contributed by atoms with Crippen LogP contribution in [0.3, 0.4) is 0 Å². The number of sulfonamides is 1. The Hall–Kier alpha value is -2.78. The zero-order valence-corrected chi connectivity index (χ0v) is 16.9. The molecule has 2 N–H and O–H groups in total. The molecule has 0 aliphatic rings. The van der Waals surface area contributed by atoms with Gasteiger partial charge >= 0.3 is 0 Å². The van der Waals surface area contributed by atoms with Crippen LogP contribution in [0, 0.1) is 0 Å². The first-order chi connectivity index (χ1) is 13.2. The Bertz CT molecular complexity index is 941. The smallest absolute Gasteiger partial charge is 0.240 e. The molecule has 0 unspecified atom stereocenters. The summed E-state index contributed by atoms with van der Waals surface area (Å²) in [5.41, 5.74) is 1.30. The number of anilines is 1. The summed E-state index contributed by atoms with van der Waals surface area (Å²) < 4.78 is 26.9. The highest BCUT2D eigenvalue weighted by molar-refractivity contribution is 7.89. The molecule has 28 heavy (non-hydrogen) atoms. The summed E-state index contributed by atoms with van der Waals surface area (Å²) in [6, 6.07) is 9.31. The minimum absolute atomic E-state index is 0.00230. The van der Waals surface area contributed by atoms with Gasteiger partial charge in [-0.25, -0.2) is 18.1 Å². The average Bonchev–Trinajstić information content (AvgIpc) is 2.66. The van der Waals surface area contributed by atoms with Gasteiger partial charge in [-0.2, -0.15) is 0 Å². The molecule has 8 nitrogen and oxygen atoms in total. The minimum Gasteiger partial charge on any atom is -0.362 e. The van der Waals surface area contributed by atoms with E-state index in [0.29, 0.717) is 12.1 Å². The van der Waals surface area contributed by atoms with Gasteiger partial charge in [-0.3, -0.25) is 9.59 Å². The Morgan fingerprint density at radius 2 is 1.79 bits per heavy atom. The molecule has 0 spiro atoms. The lowest BCUT2D eigenvalue weighted by atomic mass is 10.2. The molecule has 0 aliphatic carbocycles. The fourth-order valence-corrected chi connectivity index (χ4v) is 3.54. The number of rotatable bonds is 9. The maximum absolute atomic E-state index is 12.3. The van der Waals surface area contributed by atoms with Gasteiger partial charge in [0, 0.05) is 50.9 Å². The van der Waals surface area contributed by atoms with Gasteiger partial charge in [-0.05, 0) is 25.1 Å². The molecule has 0 fully saturated rings. The largest absolute Gasteiger partial charge is 0.362 e. The number of aromatic nitrogens is 1. The fourth-order valence-electron chi connectivity index (χ4n) is 2.50. The number of carbonyl (C=O) groups is 2. The van der Waals surface area contributed by atoms with E-state index < -0.39 is 10.0 Å². The van der Waals surface area contributed by atoms with Crippen molar-refractivity contribution in [3.8, 4) is 0 Å². The molecule has 1 amide bonds. The van der Waals surface area contributed by atoms with Crippen molar-refractivity contribution in [1.29, 1.82) is 0 Å². The number of benzene rings is 1. The monoisotopic (exact) mass is 404 g/mol. The molecule has 0 radical (unpaired) electrons. The van der Waals surface area contributed by atoms with Crippen molar-refractivity contribution < 1.29 is 18.0 Å². The summed E-state index contributed by atoms with van der Waals surface area (Å²) in [7, 11) is -0.00853. The molecule has 0 bridgehead atoms. The predicted octanol–water partition coefficient (Wildman–Crippen LogP) is 1.33. The van der Waals surface area contributed by atoms with E-state index in [1.54, 1.807) is 12.3 Å². The van der Waals surface area contributed by atoms with Gasteiger partial charge < -0.3 is 10.2 Å². The average molecular weight is 404 g/mol. The minimum atomic E-state index is -3.74. The van der Waals surface area contributed by atoms with Crippen LogP contribution in [0.15, 0.2) is 47.5 Å². The van der Waals surface area contributed by atoms with E-state index in [2.05, 4.69) is 15.0 Å². The lowest BCUT2D eigenvalue weighted by molar-refractivity contribution is -0.121. The molecular formula is C19H24N4O4S. The van der Waals surface area contributed by atoms with E-state index in [1.807, 2.05) is 25.1 Å². The Morgan fingerprint density at radius 1 is 1.11 bits per heavy atom. The lowest BCUT2D eigenvalue weighted by Crippen LogP contribution is -2.31. The van der Waals surface area contributed by atoms with E-state index in [1.165, 1.54) is 31.2 Å². The third-order valence-electron chi connectivity index (χ3n) is 3.98. The quantitative estimate of drug-likeness (QED) is 0.611. The number of ketones is 1. The molecule has 2 rings (SSSR count). The highest BCUT2D eigenvalue weighted by atomic mass is 32.2. The zero-order chi connectivity index (χ0) is 20.7. The van der Waals surface area contributed by atoms with E-state index in [4.69, 9.17) is 0 Å². The topological polar surface area (TPSA) is 108 Å². The van der Waals surface area contributed by atoms with Crippen molar-refractivity contribution in [3.05, 3.63) is 53.7 Å². The van der Waals surface area contributed by atoms with Gasteiger partial charge in [0.2, 0.25) is 15.9 Å². The highest BCUT2D eigenvalue weighted by Crippen LogP contribution is 2.14. The molecule has 0 saturated heterocycles. The zero-order valence-electron chi connectivity index (χ0n) is 16.1. The summed E-state index contributed by atoms with van der Waals surface area (Å²) in [5.74, 6) is 0.348. The van der Waals surface area contributed by atoms with Crippen LogP contribution in [0.4, 0.5) is 5.82 Å². The Morgan fingerprint density at radius 3 is 2.39 bits per heavy atom. The first-order valence-corrected chi connectivity index (χ1v) is 10.2. The van der Waals surface area contributed by atoms with Crippen molar-refractivity contribution in [3.63, 3.8) is 0 Å². The molecule has 0 saturated carbocycles. The van der Waals surface area contributed by atoms with Crippen LogP contribution in [0.5, 0.6) is 0 Å². The number of carbonyl (C=O) groups excluding carboxylic acids is 2. The van der Waals surface area contributed by atoms with Crippen molar-refractivity contribution in [2.75, 3.05) is 25.5 Å². The van der Waals surface area contributed by atoms with Gasteiger partial charge in [0.05, 0.1) is 4.90 Å². The summed E-state index contributed by atoms with van der Waals surface area (Å²) in [5, 5.41) is 2.76. The number of pyridine rings is 1. The van der Waals surface area contributed by atoms with E-state index in [0.717, 1.165) is 11.4 Å². The maximum atomic E-state index is 12.3. The molecule has 9 heteroatoms. The number of nitrogens with one attached hydrogen (secondary N) is 2. The number of nitrogens with zero attached hydrogens (tertiary/aromatic N) is 2. The summed E-state index contributed by atoms with van der Waals surface area (Å²) in [4.78, 5) is 29.4. The summed E-state index contributed by atoms with van der Waals surface area (Å²) in [6.45, 7) is 1.68. The highest BCUT2D eigenvalue weighted by Gasteiger charge is 2.15. The first-order valence-electron chi connectivity index (χ1n) is 8.69. The molecule has 2 aromatic rings. The Kier molecular flexibility index (Phi) is 7.24. The molecular weight excluding hydrogens is 380 g/mol. The summed E-state index contributed by atoms with van der Waals surface area (Å²) >= 11 is 0. The lowest BCUT2D eigenvalue weighted by Gasteiger charge is -2.16. The Labute approximate surface area is 165 Å². The van der Waals surface area contributed by atoms with E-state index in [9.17, 15) is 18.0 Å². The summed E-state index contributed by atoms with van der Waals surface area (Å²) in [6.07, 6.45) is 1.68. The van der Waals surface area contributed by atoms with Crippen LogP contribution < -0.4 is 14.9 Å². The number of Topliss-reactive ketones (excluding diaryl/α,β-unsaturated/α-hetero) is 1. The van der Waals surface area contributed by atoms with Crippen molar-refractivity contribution in [2.45, 2.75) is 24.8 Å². The van der Waals surface area contributed by atoms with Crippen LogP contribution in [-0.2, 0) is 21.4 Å². The number of amides is 1. The Balaban J connectivity index is 1.85. The molecule has 0 atom stereocenters. The normalized spacial score (nSPS) is 11.1. The standard InChI is InChI=1S/C19H24N4O4S/c1-14(24)15-6-8-17(9-7-15)28(26,27)22-12-10-18(25)21-13-16-5-4-11-20-19(16)23(2)3/h4-9,11,22H,10,12-13H2,1-3H3,(H,21,25). The SMILES string of the molecule is CC(=O)c1ccc(S(=O)(=O)NCCC(=O)NCc2cccnc2N(C)C)cc1.